The summed E-state index contributed by atoms with van der Waals surface area (Å²) in [4.78, 5) is 4.37. The van der Waals surface area contributed by atoms with E-state index in [9.17, 15) is 4.39 Å². The van der Waals surface area contributed by atoms with Crippen LogP contribution in [0.5, 0.6) is 0 Å². The van der Waals surface area contributed by atoms with Crippen molar-refractivity contribution in [3.05, 3.63) is 59.5 Å². The molecule has 4 nitrogen and oxygen atoms in total. The summed E-state index contributed by atoms with van der Waals surface area (Å²) in [5, 5.41) is 7.50. The van der Waals surface area contributed by atoms with E-state index < -0.39 is 0 Å². The monoisotopic (exact) mass is 256 g/mol. The minimum absolute atomic E-state index is 0.231. The molecule has 0 bridgehead atoms. The van der Waals surface area contributed by atoms with Crippen LogP contribution in [0.2, 0.25) is 0 Å². The summed E-state index contributed by atoms with van der Waals surface area (Å²) in [6.07, 6.45) is 0. The molecule has 19 heavy (non-hydrogen) atoms. The third-order valence-corrected chi connectivity index (χ3v) is 2.91. The van der Waals surface area contributed by atoms with Gasteiger partial charge in [0.25, 0.3) is 0 Å². The van der Waals surface area contributed by atoms with Crippen LogP contribution >= 0.6 is 0 Å². The van der Waals surface area contributed by atoms with E-state index >= 15 is 0 Å². The molecule has 0 unspecified atom stereocenters. The minimum atomic E-state index is -0.231. The summed E-state index contributed by atoms with van der Waals surface area (Å²) < 4.78 is 14.6. The summed E-state index contributed by atoms with van der Waals surface area (Å²) in [5.41, 5.74) is 2.82. The number of nitrogens with one attached hydrogen (secondary N) is 1. The number of benzene rings is 1. The molecule has 0 saturated carbocycles. The van der Waals surface area contributed by atoms with Gasteiger partial charge in [0.1, 0.15) is 5.82 Å². The summed E-state index contributed by atoms with van der Waals surface area (Å²) in [5.74, 6) is 0.337. The molecule has 0 amide bonds. The number of halogens is 1. The highest BCUT2D eigenvalue weighted by atomic mass is 19.1. The maximum atomic E-state index is 12.8. The van der Waals surface area contributed by atoms with Crippen LogP contribution in [0.1, 0.15) is 11.3 Å². The second kappa shape index (κ2) is 4.68. The summed E-state index contributed by atoms with van der Waals surface area (Å²) in [7, 11) is 0. The van der Waals surface area contributed by atoms with E-state index in [1.54, 1.807) is 16.6 Å². The molecule has 0 aliphatic heterocycles. The molecule has 96 valence electrons. The molecule has 0 spiro atoms. The molecule has 0 saturated heterocycles. The van der Waals surface area contributed by atoms with E-state index in [0.29, 0.717) is 12.5 Å². The van der Waals surface area contributed by atoms with Gasteiger partial charge in [-0.3, -0.25) is 0 Å². The third kappa shape index (κ3) is 2.40. The van der Waals surface area contributed by atoms with E-state index in [-0.39, 0.29) is 5.82 Å². The highest BCUT2D eigenvalue weighted by Gasteiger charge is 2.04. The van der Waals surface area contributed by atoms with E-state index in [1.165, 1.54) is 12.1 Å². The van der Waals surface area contributed by atoms with Gasteiger partial charge in [0.05, 0.1) is 0 Å². The van der Waals surface area contributed by atoms with Crippen LogP contribution in [0, 0.1) is 12.7 Å². The Morgan fingerprint density at radius 3 is 2.68 bits per heavy atom. The zero-order valence-corrected chi connectivity index (χ0v) is 10.5. The van der Waals surface area contributed by atoms with Gasteiger partial charge in [0.15, 0.2) is 5.65 Å². The van der Waals surface area contributed by atoms with Crippen molar-refractivity contribution >= 4 is 11.6 Å². The summed E-state index contributed by atoms with van der Waals surface area (Å²) >= 11 is 0. The molecule has 3 rings (SSSR count). The van der Waals surface area contributed by atoms with Crippen LogP contribution in [0.25, 0.3) is 5.65 Å². The molecule has 2 heterocycles. The highest BCUT2D eigenvalue weighted by Crippen LogP contribution is 2.10. The molecule has 0 aliphatic carbocycles. The molecule has 0 aliphatic rings. The number of pyridine rings is 1. The fraction of sp³-hybridized carbons (Fsp3) is 0.143. The average Bonchev–Trinajstić information content (AvgIpc) is 2.83. The number of nitrogens with zero attached hydrogens (tertiary/aromatic N) is 3. The molecule has 0 fully saturated rings. The molecule has 0 atom stereocenters. The smallest absolute Gasteiger partial charge is 0.243 e. The predicted octanol–water partition coefficient (Wildman–Crippen LogP) is 2.79. The number of fused-ring (bicyclic) bond motifs is 1. The molecule has 5 heteroatoms. The Balaban J connectivity index is 1.78. The minimum Gasteiger partial charge on any atom is -0.349 e. The van der Waals surface area contributed by atoms with Crippen LogP contribution in [0.4, 0.5) is 10.3 Å². The largest absolute Gasteiger partial charge is 0.349 e. The predicted molar refractivity (Wildman–Crippen MR) is 71.5 cm³/mol. The molecular weight excluding hydrogens is 243 g/mol. The first-order valence-corrected chi connectivity index (χ1v) is 6.03. The lowest BCUT2D eigenvalue weighted by Gasteiger charge is -2.01. The van der Waals surface area contributed by atoms with Gasteiger partial charge in [-0.25, -0.2) is 8.91 Å². The Hall–Kier alpha value is -2.43. The van der Waals surface area contributed by atoms with Gasteiger partial charge in [-0.1, -0.05) is 18.2 Å². The van der Waals surface area contributed by atoms with Crippen molar-refractivity contribution in [2.24, 2.45) is 0 Å². The van der Waals surface area contributed by atoms with Gasteiger partial charge in [0, 0.05) is 12.2 Å². The number of rotatable bonds is 3. The Bertz CT molecular complexity index is 703. The van der Waals surface area contributed by atoms with E-state index in [1.807, 2.05) is 25.1 Å². The number of aromatic nitrogens is 3. The van der Waals surface area contributed by atoms with E-state index in [4.69, 9.17) is 0 Å². The quantitative estimate of drug-likeness (QED) is 0.783. The lowest BCUT2D eigenvalue weighted by Crippen LogP contribution is -2.01. The van der Waals surface area contributed by atoms with E-state index in [2.05, 4.69) is 15.4 Å². The summed E-state index contributed by atoms with van der Waals surface area (Å²) in [6.45, 7) is 2.54. The van der Waals surface area contributed by atoms with Crippen molar-refractivity contribution in [3.8, 4) is 0 Å². The second-order valence-corrected chi connectivity index (χ2v) is 4.35. The van der Waals surface area contributed by atoms with Crippen molar-refractivity contribution in [2.45, 2.75) is 13.5 Å². The molecule has 2 aromatic heterocycles. The molecule has 0 radical (unpaired) electrons. The normalized spacial score (nSPS) is 10.8. The molecule has 1 N–H and O–H groups in total. The zero-order valence-electron chi connectivity index (χ0n) is 10.5. The molecule has 1 aromatic carbocycles. The Kier molecular flexibility index (Phi) is 2.87. The van der Waals surface area contributed by atoms with Crippen LogP contribution in [-0.2, 0) is 6.54 Å². The van der Waals surface area contributed by atoms with Gasteiger partial charge in [-0.15, -0.1) is 5.10 Å². The summed E-state index contributed by atoms with van der Waals surface area (Å²) in [6, 6.07) is 12.2. The lowest BCUT2D eigenvalue weighted by molar-refractivity contribution is 0.627. The maximum Gasteiger partial charge on any atom is 0.243 e. The topological polar surface area (TPSA) is 42.2 Å². The van der Waals surface area contributed by atoms with Gasteiger partial charge >= 0.3 is 0 Å². The average molecular weight is 256 g/mol. The van der Waals surface area contributed by atoms with Gasteiger partial charge in [-0.2, -0.15) is 4.98 Å². The van der Waals surface area contributed by atoms with Crippen molar-refractivity contribution in [1.29, 1.82) is 0 Å². The highest BCUT2D eigenvalue weighted by molar-refractivity contribution is 5.44. The fourth-order valence-electron chi connectivity index (χ4n) is 1.89. The van der Waals surface area contributed by atoms with E-state index in [0.717, 1.165) is 16.9 Å². The van der Waals surface area contributed by atoms with Crippen LogP contribution in [0.15, 0.2) is 42.5 Å². The first-order valence-electron chi connectivity index (χ1n) is 6.03. The van der Waals surface area contributed by atoms with Gasteiger partial charge < -0.3 is 5.32 Å². The maximum absolute atomic E-state index is 12.8. The number of hydrogen-bond donors (Lipinski definition) is 1. The van der Waals surface area contributed by atoms with Crippen LogP contribution in [-0.4, -0.2) is 14.6 Å². The molecular formula is C14H13FN4. The Labute approximate surface area is 109 Å². The van der Waals surface area contributed by atoms with Crippen molar-refractivity contribution in [2.75, 3.05) is 5.32 Å². The standard InChI is InChI=1S/C14H13FN4/c1-10-3-2-4-13-17-14(18-19(10)13)16-9-11-5-7-12(15)8-6-11/h2-8H,9H2,1H3,(H,16,18). The number of anilines is 1. The SMILES string of the molecule is Cc1cccc2nc(NCc3ccc(F)cc3)nn12. The van der Waals surface area contributed by atoms with Crippen LogP contribution < -0.4 is 5.32 Å². The first kappa shape index (κ1) is 11.6. The number of hydrogen-bond acceptors (Lipinski definition) is 3. The first-order chi connectivity index (χ1) is 9.22. The zero-order chi connectivity index (χ0) is 13.2. The van der Waals surface area contributed by atoms with Gasteiger partial charge in [-0.05, 0) is 36.8 Å². The van der Waals surface area contributed by atoms with Crippen molar-refractivity contribution in [3.63, 3.8) is 0 Å². The van der Waals surface area contributed by atoms with Crippen molar-refractivity contribution < 1.29 is 4.39 Å². The number of aryl methyl sites for hydroxylation is 1. The molecule has 3 aromatic rings. The fourth-order valence-corrected chi connectivity index (χ4v) is 1.89. The van der Waals surface area contributed by atoms with Crippen LogP contribution in [0.3, 0.4) is 0 Å². The van der Waals surface area contributed by atoms with Gasteiger partial charge in [0.2, 0.25) is 5.95 Å². The second-order valence-electron chi connectivity index (χ2n) is 4.35. The van der Waals surface area contributed by atoms with Crippen molar-refractivity contribution in [1.82, 2.24) is 14.6 Å². The Morgan fingerprint density at radius 1 is 1.16 bits per heavy atom. The third-order valence-electron chi connectivity index (χ3n) is 2.91. The Morgan fingerprint density at radius 2 is 1.95 bits per heavy atom. The lowest BCUT2D eigenvalue weighted by atomic mass is 10.2.